The van der Waals surface area contributed by atoms with Crippen molar-refractivity contribution in [2.24, 2.45) is 0 Å². The number of hydrogen-bond donors (Lipinski definition) is 2. The van der Waals surface area contributed by atoms with Gasteiger partial charge in [-0.3, -0.25) is 0 Å². The average Bonchev–Trinajstić information content (AvgIpc) is 2.38. The molecule has 18 heavy (non-hydrogen) atoms. The second-order valence-corrected chi connectivity index (χ2v) is 4.32. The van der Waals surface area contributed by atoms with Gasteiger partial charge in [0.2, 0.25) is 0 Å². The minimum Gasteiger partial charge on any atom is -0.478 e. The van der Waals surface area contributed by atoms with Gasteiger partial charge in [-0.05, 0) is 44.8 Å². The molecule has 0 aromatic heterocycles. The zero-order valence-electron chi connectivity index (χ0n) is 10.9. The predicted molar refractivity (Wildman–Crippen MR) is 73.6 cm³/mol. The number of aryl methyl sites for hydroxylation is 1. The molecule has 1 aromatic carbocycles. The number of nitrogens with one attached hydrogen (secondary N) is 1. The number of benzene rings is 1. The van der Waals surface area contributed by atoms with Crippen LogP contribution >= 0.6 is 0 Å². The largest absolute Gasteiger partial charge is 0.478 e. The third-order valence-corrected chi connectivity index (χ3v) is 2.77. The molecule has 1 aromatic rings. The van der Waals surface area contributed by atoms with Gasteiger partial charge in [0, 0.05) is 5.57 Å². The summed E-state index contributed by atoms with van der Waals surface area (Å²) in [4.78, 5) is 10.5. The molecule has 0 aliphatic carbocycles. The lowest BCUT2D eigenvalue weighted by Gasteiger charge is -2.03. The average molecular weight is 247 g/mol. The number of rotatable bonds is 8. The SMILES string of the molecule is CC(=CCCNCCCc1ccccc1)C(=O)O. The van der Waals surface area contributed by atoms with E-state index in [0.29, 0.717) is 5.57 Å². The van der Waals surface area contributed by atoms with Crippen LogP contribution in [0.4, 0.5) is 0 Å². The maximum atomic E-state index is 10.5. The monoisotopic (exact) mass is 247 g/mol. The molecule has 0 spiro atoms. The molecule has 3 heteroatoms. The Balaban J connectivity index is 2.03. The molecule has 0 unspecified atom stereocenters. The fourth-order valence-corrected chi connectivity index (χ4v) is 1.67. The molecule has 0 radical (unpaired) electrons. The summed E-state index contributed by atoms with van der Waals surface area (Å²) in [6, 6.07) is 10.4. The number of hydrogen-bond acceptors (Lipinski definition) is 2. The first-order valence-electron chi connectivity index (χ1n) is 6.35. The van der Waals surface area contributed by atoms with E-state index < -0.39 is 5.97 Å². The van der Waals surface area contributed by atoms with Gasteiger partial charge in [-0.15, -0.1) is 0 Å². The zero-order chi connectivity index (χ0) is 13.2. The van der Waals surface area contributed by atoms with Crippen molar-refractivity contribution in [2.45, 2.75) is 26.2 Å². The van der Waals surface area contributed by atoms with E-state index in [4.69, 9.17) is 5.11 Å². The molecule has 0 saturated carbocycles. The van der Waals surface area contributed by atoms with Gasteiger partial charge >= 0.3 is 5.97 Å². The molecule has 0 saturated heterocycles. The molecule has 0 heterocycles. The highest BCUT2D eigenvalue weighted by Crippen LogP contribution is 2.01. The van der Waals surface area contributed by atoms with Crippen molar-refractivity contribution in [3.05, 3.63) is 47.5 Å². The van der Waals surface area contributed by atoms with E-state index in [-0.39, 0.29) is 0 Å². The van der Waals surface area contributed by atoms with Crippen LogP contribution in [0.25, 0.3) is 0 Å². The van der Waals surface area contributed by atoms with Crippen LogP contribution in [-0.4, -0.2) is 24.2 Å². The summed E-state index contributed by atoms with van der Waals surface area (Å²) >= 11 is 0. The van der Waals surface area contributed by atoms with E-state index in [0.717, 1.165) is 32.4 Å². The topological polar surface area (TPSA) is 49.3 Å². The highest BCUT2D eigenvalue weighted by atomic mass is 16.4. The first kappa shape index (κ1) is 14.5. The van der Waals surface area contributed by atoms with Crippen LogP contribution in [0.3, 0.4) is 0 Å². The summed E-state index contributed by atoms with van der Waals surface area (Å²) in [6.45, 7) is 3.42. The number of carboxylic acid groups (broad SMARTS) is 1. The van der Waals surface area contributed by atoms with Gasteiger partial charge in [0.15, 0.2) is 0 Å². The van der Waals surface area contributed by atoms with E-state index in [1.165, 1.54) is 5.56 Å². The minimum atomic E-state index is -0.834. The van der Waals surface area contributed by atoms with Gasteiger partial charge in [0.05, 0.1) is 0 Å². The highest BCUT2D eigenvalue weighted by Gasteiger charge is 1.97. The summed E-state index contributed by atoms with van der Waals surface area (Å²) in [5, 5.41) is 12.0. The maximum Gasteiger partial charge on any atom is 0.330 e. The number of carbonyl (C=O) groups is 1. The van der Waals surface area contributed by atoms with E-state index >= 15 is 0 Å². The Morgan fingerprint density at radius 3 is 2.67 bits per heavy atom. The summed E-state index contributed by atoms with van der Waals surface area (Å²) in [6.07, 6.45) is 4.71. The molecular weight excluding hydrogens is 226 g/mol. The van der Waals surface area contributed by atoms with Gasteiger partial charge in [-0.1, -0.05) is 36.4 Å². The lowest BCUT2D eigenvalue weighted by molar-refractivity contribution is -0.132. The van der Waals surface area contributed by atoms with Crippen molar-refractivity contribution in [3.8, 4) is 0 Å². The zero-order valence-corrected chi connectivity index (χ0v) is 10.9. The standard InChI is InChI=1S/C15H21NO2/c1-13(15(17)18)7-5-11-16-12-6-10-14-8-3-2-4-9-14/h2-4,7-9,16H,5-6,10-12H2,1H3,(H,17,18). The maximum absolute atomic E-state index is 10.5. The van der Waals surface area contributed by atoms with E-state index in [1.807, 2.05) is 6.07 Å². The Bertz CT molecular complexity index is 385. The molecular formula is C15H21NO2. The van der Waals surface area contributed by atoms with E-state index in [2.05, 4.69) is 29.6 Å². The molecule has 1 rings (SSSR count). The second-order valence-electron chi connectivity index (χ2n) is 4.32. The second kappa shape index (κ2) is 8.48. The quantitative estimate of drug-likeness (QED) is 0.548. The molecule has 0 bridgehead atoms. The molecule has 0 aliphatic rings. The third kappa shape index (κ3) is 6.21. The van der Waals surface area contributed by atoms with Crippen LogP contribution in [0.5, 0.6) is 0 Å². The Morgan fingerprint density at radius 2 is 2.00 bits per heavy atom. The van der Waals surface area contributed by atoms with Crippen LogP contribution in [0.1, 0.15) is 25.3 Å². The van der Waals surface area contributed by atoms with Crippen LogP contribution in [0, 0.1) is 0 Å². The Labute approximate surface area is 109 Å². The Morgan fingerprint density at radius 1 is 1.28 bits per heavy atom. The predicted octanol–water partition coefficient (Wildman–Crippen LogP) is 2.63. The van der Waals surface area contributed by atoms with Gasteiger partial charge in [-0.2, -0.15) is 0 Å². The van der Waals surface area contributed by atoms with Crippen LogP contribution in [0.15, 0.2) is 42.0 Å². The van der Waals surface area contributed by atoms with E-state index in [1.54, 1.807) is 13.0 Å². The summed E-state index contributed by atoms with van der Waals surface area (Å²) in [7, 11) is 0. The molecule has 0 amide bonds. The number of carboxylic acids is 1. The van der Waals surface area contributed by atoms with Gasteiger partial charge in [0.25, 0.3) is 0 Å². The summed E-state index contributed by atoms with van der Waals surface area (Å²) < 4.78 is 0. The first-order chi connectivity index (χ1) is 8.70. The van der Waals surface area contributed by atoms with Crippen molar-refractivity contribution in [1.82, 2.24) is 5.32 Å². The Hall–Kier alpha value is -1.61. The molecule has 0 fully saturated rings. The van der Waals surface area contributed by atoms with Crippen molar-refractivity contribution in [2.75, 3.05) is 13.1 Å². The van der Waals surface area contributed by atoms with Crippen molar-refractivity contribution in [1.29, 1.82) is 0 Å². The minimum absolute atomic E-state index is 0.418. The van der Waals surface area contributed by atoms with Crippen molar-refractivity contribution < 1.29 is 9.90 Å². The number of aliphatic carboxylic acids is 1. The molecule has 98 valence electrons. The van der Waals surface area contributed by atoms with Crippen molar-refractivity contribution >= 4 is 5.97 Å². The smallest absolute Gasteiger partial charge is 0.330 e. The fraction of sp³-hybridized carbons (Fsp3) is 0.400. The van der Waals surface area contributed by atoms with Gasteiger partial charge in [-0.25, -0.2) is 4.79 Å². The van der Waals surface area contributed by atoms with Crippen LogP contribution in [-0.2, 0) is 11.2 Å². The van der Waals surface area contributed by atoms with E-state index in [9.17, 15) is 4.79 Å². The molecule has 0 aliphatic heterocycles. The molecule has 2 N–H and O–H groups in total. The highest BCUT2D eigenvalue weighted by molar-refractivity contribution is 5.85. The van der Waals surface area contributed by atoms with Crippen LogP contribution in [0.2, 0.25) is 0 Å². The first-order valence-corrected chi connectivity index (χ1v) is 6.35. The lowest BCUT2D eigenvalue weighted by Crippen LogP contribution is -2.17. The Kier molecular flexibility index (Phi) is 6.81. The van der Waals surface area contributed by atoms with Crippen LogP contribution < -0.4 is 5.32 Å². The third-order valence-electron chi connectivity index (χ3n) is 2.77. The molecule has 0 atom stereocenters. The fourth-order valence-electron chi connectivity index (χ4n) is 1.67. The summed E-state index contributed by atoms with van der Waals surface area (Å²) in [5.74, 6) is -0.834. The van der Waals surface area contributed by atoms with Gasteiger partial charge in [0.1, 0.15) is 0 Å². The van der Waals surface area contributed by atoms with Gasteiger partial charge < -0.3 is 10.4 Å². The summed E-state index contributed by atoms with van der Waals surface area (Å²) in [5.41, 5.74) is 1.78. The van der Waals surface area contributed by atoms with Crippen molar-refractivity contribution in [3.63, 3.8) is 0 Å². The molecule has 3 nitrogen and oxygen atoms in total. The lowest BCUT2D eigenvalue weighted by atomic mass is 10.1. The normalized spacial score (nSPS) is 11.5.